The van der Waals surface area contributed by atoms with Crippen molar-refractivity contribution in [2.24, 2.45) is 0 Å². The van der Waals surface area contributed by atoms with Gasteiger partial charge in [-0.1, -0.05) is 24.3 Å². The molecule has 0 atom stereocenters. The number of nitrogens with one attached hydrogen (secondary N) is 2. The second-order valence-corrected chi connectivity index (χ2v) is 7.65. The molecule has 0 radical (unpaired) electrons. The molecule has 154 valence electrons. The van der Waals surface area contributed by atoms with Gasteiger partial charge < -0.3 is 10.7 Å². The Morgan fingerprint density at radius 1 is 0.812 bits per heavy atom. The molecule has 6 nitrogen and oxygen atoms in total. The van der Waals surface area contributed by atoms with Crippen molar-refractivity contribution in [1.29, 1.82) is 0 Å². The van der Waals surface area contributed by atoms with Gasteiger partial charge in [-0.2, -0.15) is 5.10 Å². The second kappa shape index (κ2) is 7.02. The van der Waals surface area contributed by atoms with Crippen LogP contribution in [0.3, 0.4) is 0 Å². The number of aromatic nitrogens is 5. The van der Waals surface area contributed by atoms with Crippen molar-refractivity contribution in [3.05, 3.63) is 85.1 Å². The fourth-order valence-corrected chi connectivity index (χ4v) is 4.04. The van der Waals surface area contributed by atoms with Crippen LogP contribution in [-0.2, 0) is 0 Å². The summed E-state index contributed by atoms with van der Waals surface area (Å²) in [6.07, 6.45) is 5.10. The maximum Gasteiger partial charge on any atom is 0.123 e. The van der Waals surface area contributed by atoms with Gasteiger partial charge in [-0.25, -0.2) is 4.39 Å². The molecule has 0 fully saturated rings. The number of halogens is 1. The van der Waals surface area contributed by atoms with Crippen molar-refractivity contribution >= 4 is 27.5 Å². The Kier molecular flexibility index (Phi) is 4.01. The monoisotopic (exact) mass is 420 g/mol. The zero-order chi connectivity index (χ0) is 21.7. The van der Waals surface area contributed by atoms with Crippen LogP contribution in [0.25, 0.3) is 55.6 Å². The first-order chi connectivity index (χ1) is 15.7. The number of H-pyrrole nitrogens is 2. The molecule has 0 saturated carbocycles. The highest BCUT2D eigenvalue weighted by molar-refractivity contribution is 6.01. The fraction of sp³-hybridized carbons (Fsp3) is 0. The van der Waals surface area contributed by atoms with Crippen LogP contribution in [0.2, 0.25) is 0 Å². The summed E-state index contributed by atoms with van der Waals surface area (Å²) >= 11 is 0. The number of fused-ring (bicyclic) bond motifs is 2. The third kappa shape index (κ3) is 2.99. The van der Waals surface area contributed by atoms with Gasteiger partial charge in [0, 0.05) is 34.2 Å². The molecular formula is C25H17FN6. The zero-order valence-electron chi connectivity index (χ0n) is 16.8. The van der Waals surface area contributed by atoms with E-state index in [1.165, 1.54) is 12.1 Å². The largest absolute Gasteiger partial charge is 0.397 e. The highest BCUT2D eigenvalue weighted by atomic mass is 19.1. The first kappa shape index (κ1) is 18.3. The van der Waals surface area contributed by atoms with Gasteiger partial charge in [-0.15, -0.1) is 0 Å². The van der Waals surface area contributed by atoms with Crippen LogP contribution in [0.4, 0.5) is 10.1 Å². The summed E-state index contributed by atoms with van der Waals surface area (Å²) in [5.74, 6) is -0.251. The normalized spacial score (nSPS) is 11.4. The predicted octanol–water partition coefficient (Wildman–Crippen LogP) is 5.56. The minimum absolute atomic E-state index is 0.251. The van der Waals surface area contributed by atoms with Gasteiger partial charge in [0.1, 0.15) is 11.5 Å². The number of benzene rings is 2. The summed E-state index contributed by atoms with van der Waals surface area (Å²) in [7, 11) is 0. The number of nitrogens with two attached hydrogens (primary N) is 1. The highest BCUT2D eigenvalue weighted by Gasteiger charge is 2.15. The Labute approximate surface area is 182 Å². The molecule has 32 heavy (non-hydrogen) atoms. The van der Waals surface area contributed by atoms with Crippen LogP contribution in [0, 0.1) is 5.82 Å². The Morgan fingerprint density at radius 2 is 1.69 bits per heavy atom. The van der Waals surface area contributed by atoms with Crippen molar-refractivity contribution in [2.45, 2.75) is 0 Å². The summed E-state index contributed by atoms with van der Waals surface area (Å²) < 4.78 is 13.4. The third-order valence-electron chi connectivity index (χ3n) is 5.58. The van der Waals surface area contributed by atoms with E-state index in [9.17, 15) is 4.39 Å². The van der Waals surface area contributed by atoms with Gasteiger partial charge in [0.25, 0.3) is 0 Å². The van der Waals surface area contributed by atoms with Crippen LogP contribution in [-0.4, -0.2) is 25.1 Å². The number of rotatable bonds is 3. The molecule has 0 aliphatic carbocycles. The summed E-state index contributed by atoms with van der Waals surface area (Å²) in [6.45, 7) is 0. The van der Waals surface area contributed by atoms with Crippen LogP contribution >= 0.6 is 0 Å². The number of aromatic amines is 2. The van der Waals surface area contributed by atoms with E-state index >= 15 is 0 Å². The Bertz CT molecular complexity index is 1600. The molecule has 0 aliphatic rings. The van der Waals surface area contributed by atoms with E-state index in [4.69, 9.17) is 5.73 Å². The number of hydrogen-bond acceptors (Lipinski definition) is 4. The Morgan fingerprint density at radius 3 is 2.53 bits per heavy atom. The molecule has 7 heteroatoms. The highest BCUT2D eigenvalue weighted by Crippen LogP contribution is 2.34. The minimum Gasteiger partial charge on any atom is -0.397 e. The molecule has 0 aliphatic heterocycles. The van der Waals surface area contributed by atoms with Gasteiger partial charge in [-0.05, 0) is 47.5 Å². The fourth-order valence-electron chi connectivity index (χ4n) is 4.04. The number of hydrogen-bond donors (Lipinski definition) is 3. The minimum atomic E-state index is -0.251. The number of anilines is 1. The summed E-state index contributed by atoms with van der Waals surface area (Å²) in [4.78, 5) is 12.2. The average Bonchev–Trinajstić information content (AvgIpc) is 3.43. The lowest BCUT2D eigenvalue weighted by molar-refractivity contribution is 0.628. The topological polar surface area (TPSA) is 96.3 Å². The van der Waals surface area contributed by atoms with E-state index in [0.29, 0.717) is 5.69 Å². The Hall–Kier alpha value is -4.52. The van der Waals surface area contributed by atoms with E-state index in [1.54, 1.807) is 30.7 Å². The lowest BCUT2D eigenvalue weighted by Gasteiger charge is -2.03. The first-order valence-electron chi connectivity index (χ1n) is 10.1. The molecule has 2 aromatic carbocycles. The SMILES string of the molecule is Nc1cncc(-c2cc3c(-c4cc5c(-c6ccc(F)cc6)cccc5[nH]4)n[nH]c3cn2)c1. The van der Waals surface area contributed by atoms with Gasteiger partial charge in [0.2, 0.25) is 0 Å². The second-order valence-electron chi connectivity index (χ2n) is 7.65. The summed E-state index contributed by atoms with van der Waals surface area (Å²) in [6, 6.07) is 18.5. The lowest BCUT2D eigenvalue weighted by Crippen LogP contribution is -1.89. The molecule has 6 aromatic rings. The van der Waals surface area contributed by atoms with Gasteiger partial charge in [-0.3, -0.25) is 15.1 Å². The standard InChI is InChI=1S/C25H17FN6/c26-16-6-4-14(5-7-16)18-2-1-3-21-19(18)9-23(30-21)25-20-10-22(29-13-24(20)31-32-25)15-8-17(27)12-28-11-15/h1-13,30H,27H2,(H,31,32). The lowest BCUT2D eigenvalue weighted by atomic mass is 10.0. The van der Waals surface area contributed by atoms with Crippen molar-refractivity contribution in [3.8, 4) is 33.8 Å². The molecular weight excluding hydrogens is 403 g/mol. The molecule has 6 rings (SSSR count). The zero-order valence-corrected chi connectivity index (χ0v) is 16.8. The van der Waals surface area contributed by atoms with Crippen molar-refractivity contribution in [3.63, 3.8) is 0 Å². The smallest absolute Gasteiger partial charge is 0.123 e. The molecule has 0 spiro atoms. The van der Waals surface area contributed by atoms with Gasteiger partial charge >= 0.3 is 0 Å². The first-order valence-corrected chi connectivity index (χ1v) is 10.1. The Balaban J connectivity index is 1.50. The van der Waals surface area contributed by atoms with Gasteiger partial charge in [0.05, 0.1) is 28.8 Å². The van der Waals surface area contributed by atoms with Crippen LogP contribution in [0.5, 0.6) is 0 Å². The van der Waals surface area contributed by atoms with E-state index in [-0.39, 0.29) is 5.82 Å². The van der Waals surface area contributed by atoms with E-state index in [1.807, 2.05) is 30.3 Å². The maximum absolute atomic E-state index is 13.4. The third-order valence-corrected chi connectivity index (χ3v) is 5.58. The quantitative estimate of drug-likeness (QED) is 0.349. The number of nitrogen functional groups attached to an aromatic ring is 1. The van der Waals surface area contributed by atoms with Crippen LogP contribution in [0.15, 0.2) is 79.3 Å². The van der Waals surface area contributed by atoms with Crippen LogP contribution in [0.1, 0.15) is 0 Å². The van der Waals surface area contributed by atoms with E-state index < -0.39 is 0 Å². The van der Waals surface area contributed by atoms with E-state index in [0.717, 1.165) is 55.6 Å². The molecule has 0 unspecified atom stereocenters. The number of nitrogens with zero attached hydrogens (tertiary/aromatic N) is 3. The van der Waals surface area contributed by atoms with Gasteiger partial charge in [0.15, 0.2) is 0 Å². The van der Waals surface area contributed by atoms with Crippen molar-refractivity contribution in [2.75, 3.05) is 5.73 Å². The maximum atomic E-state index is 13.4. The number of pyridine rings is 2. The summed E-state index contributed by atoms with van der Waals surface area (Å²) in [5, 5.41) is 9.58. The molecule has 0 amide bonds. The molecule has 4 N–H and O–H groups in total. The molecule has 0 saturated heterocycles. The van der Waals surface area contributed by atoms with E-state index in [2.05, 4.69) is 31.2 Å². The predicted molar refractivity (Wildman–Crippen MR) is 124 cm³/mol. The van der Waals surface area contributed by atoms with Crippen molar-refractivity contribution in [1.82, 2.24) is 25.1 Å². The molecule has 0 bridgehead atoms. The van der Waals surface area contributed by atoms with Crippen molar-refractivity contribution < 1.29 is 4.39 Å². The molecule has 4 heterocycles. The molecule has 4 aromatic heterocycles. The van der Waals surface area contributed by atoms with Crippen LogP contribution < -0.4 is 5.73 Å². The average molecular weight is 420 g/mol. The summed E-state index contributed by atoms with van der Waals surface area (Å²) in [5.41, 5.74) is 13.5.